The number of anilines is 2. The normalized spacial score (nSPS) is 13.9. The van der Waals surface area contributed by atoms with Gasteiger partial charge in [-0.1, -0.05) is 30.3 Å². The molecule has 0 aliphatic carbocycles. The maximum Gasteiger partial charge on any atom is 0.227 e. The predicted molar refractivity (Wildman–Crippen MR) is 134 cm³/mol. The molecule has 0 radical (unpaired) electrons. The molecule has 4 aromatic rings. The maximum absolute atomic E-state index is 13.2. The Hall–Kier alpha value is -4.26. The molecular formula is C28H25FN4O2. The van der Waals surface area contributed by atoms with Gasteiger partial charge in [-0.15, -0.1) is 10.2 Å². The summed E-state index contributed by atoms with van der Waals surface area (Å²) < 4.78 is 19.1. The van der Waals surface area contributed by atoms with Gasteiger partial charge in [-0.3, -0.25) is 4.79 Å². The highest BCUT2D eigenvalue weighted by Gasteiger charge is 2.26. The van der Waals surface area contributed by atoms with E-state index >= 15 is 0 Å². The van der Waals surface area contributed by atoms with Gasteiger partial charge in [0.25, 0.3) is 0 Å². The Kier molecular flexibility index (Phi) is 6.66. The fraction of sp³-hybridized carbons (Fsp3) is 0.179. The van der Waals surface area contributed by atoms with Crippen LogP contribution in [0.4, 0.5) is 15.9 Å². The smallest absolute Gasteiger partial charge is 0.227 e. The first-order chi connectivity index (χ1) is 17.2. The van der Waals surface area contributed by atoms with Crippen LogP contribution in [0.2, 0.25) is 0 Å². The fourth-order valence-electron chi connectivity index (χ4n) is 4.15. The topological polar surface area (TPSA) is 67.3 Å². The quantitative estimate of drug-likeness (QED) is 0.380. The number of carbonyl (C=O) groups excluding carboxylic acids is 1. The molecule has 0 bridgehead atoms. The highest BCUT2D eigenvalue weighted by atomic mass is 19.1. The van der Waals surface area contributed by atoms with Crippen molar-refractivity contribution in [3.05, 3.63) is 96.8 Å². The number of hydrogen-bond acceptors (Lipinski definition) is 5. The molecule has 1 N–H and O–H groups in total. The van der Waals surface area contributed by atoms with Gasteiger partial charge < -0.3 is 15.0 Å². The van der Waals surface area contributed by atoms with Gasteiger partial charge in [-0.25, -0.2) is 4.39 Å². The third-order valence-corrected chi connectivity index (χ3v) is 6.10. The second kappa shape index (κ2) is 10.3. The number of carbonyl (C=O) groups is 1. The highest BCUT2D eigenvalue weighted by Crippen LogP contribution is 2.31. The van der Waals surface area contributed by atoms with Crippen molar-refractivity contribution in [3.63, 3.8) is 0 Å². The maximum atomic E-state index is 13.2. The van der Waals surface area contributed by atoms with Crippen molar-refractivity contribution in [2.45, 2.75) is 12.8 Å². The van der Waals surface area contributed by atoms with E-state index in [1.807, 2.05) is 66.7 Å². The zero-order chi connectivity index (χ0) is 24.0. The Morgan fingerprint density at radius 1 is 0.857 bits per heavy atom. The van der Waals surface area contributed by atoms with Crippen LogP contribution in [-0.4, -0.2) is 29.2 Å². The molecule has 1 saturated heterocycles. The summed E-state index contributed by atoms with van der Waals surface area (Å²) in [6, 6.07) is 27.0. The Balaban J connectivity index is 1.18. The molecule has 3 aromatic carbocycles. The molecule has 0 spiro atoms. The van der Waals surface area contributed by atoms with Gasteiger partial charge in [-0.2, -0.15) is 0 Å². The van der Waals surface area contributed by atoms with Gasteiger partial charge in [-0.05, 0) is 73.5 Å². The van der Waals surface area contributed by atoms with E-state index in [9.17, 15) is 9.18 Å². The molecule has 1 aromatic heterocycles. The molecule has 35 heavy (non-hydrogen) atoms. The van der Waals surface area contributed by atoms with Crippen LogP contribution in [0.15, 0.2) is 91.0 Å². The Bertz CT molecular complexity index is 1270. The summed E-state index contributed by atoms with van der Waals surface area (Å²) in [5, 5.41) is 11.7. The summed E-state index contributed by atoms with van der Waals surface area (Å²) >= 11 is 0. The van der Waals surface area contributed by atoms with Crippen LogP contribution in [0, 0.1) is 11.7 Å². The van der Waals surface area contributed by atoms with Crippen LogP contribution in [0.25, 0.3) is 11.3 Å². The monoisotopic (exact) mass is 468 g/mol. The van der Waals surface area contributed by atoms with Gasteiger partial charge in [0.05, 0.1) is 11.4 Å². The number of piperidine rings is 1. The number of amides is 1. The minimum atomic E-state index is -0.280. The Morgan fingerprint density at radius 3 is 2.29 bits per heavy atom. The third kappa shape index (κ3) is 5.46. The molecule has 1 amide bonds. The lowest BCUT2D eigenvalue weighted by Gasteiger charge is -2.32. The zero-order valence-corrected chi connectivity index (χ0v) is 19.1. The molecule has 0 saturated carbocycles. The zero-order valence-electron chi connectivity index (χ0n) is 19.1. The summed E-state index contributed by atoms with van der Waals surface area (Å²) in [5.41, 5.74) is 2.17. The van der Waals surface area contributed by atoms with Gasteiger partial charge in [0.2, 0.25) is 5.91 Å². The number of hydrogen-bond donors (Lipinski definition) is 1. The second-order valence-corrected chi connectivity index (χ2v) is 8.45. The minimum absolute atomic E-state index is 0.00787. The van der Waals surface area contributed by atoms with E-state index in [2.05, 4.69) is 20.4 Å². The van der Waals surface area contributed by atoms with Crippen LogP contribution in [0.5, 0.6) is 11.5 Å². The van der Waals surface area contributed by atoms with Crippen LogP contribution in [0.1, 0.15) is 12.8 Å². The number of benzene rings is 3. The van der Waals surface area contributed by atoms with Gasteiger partial charge in [0, 0.05) is 24.6 Å². The lowest BCUT2D eigenvalue weighted by atomic mass is 9.95. The van der Waals surface area contributed by atoms with Gasteiger partial charge in [0.1, 0.15) is 11.6 Å². The van der Waals surface area contributed by atoms with Crippen molar-refractivity contribution in [2.24, 2.45) is 5.92 Å². The summed E-state index contributed by atoms with van der Waals surface area (Å²) in [4.78, 5) is 15.1. The molecule has 5 rings (SSSR count). The van der Waals surface area contributed by atoms with Crippen molar-refractivity contribution in [1.29, 1.82) is 0 Å². The van der Waals surface area contributed by atoms with E-state index in [-0.39, 0.29) is 17.6 Å². The molecule has 0 atom stereocenters. The third-order valence-electron chi connectivity index (χ3n) is 6.10. The first-order valence-corrected chi connectivity index (χ1v) is 11.6. The van der Waals surface area contributed by atoms with E-state index in [1.54, 1.807) is 12.1 Å². The lowest BCUT2D eigenvalue weighted by Crippen LogP contribution is -2.38. The lowest BCUT2D eigenvalue weighted by molar-refractivity contribution is -0.120. The van der Waals surface area contributed by atoms with Crippen LogP contribution in [0.3, 0.4) is 0 Å². The largest absolute Gasteiger partial charge is 0.455 e. The Morgan fingerprint density at radius 2 is 1.57 bits per heavy atom. The molecule has 1 fully saturated rings. The first kappa shape index (κ1) is 22.5. The van der Waals surface area contributed by atoms with E-state index in [1.165, 1.54) is 12.1 Å². The van der Waals surface area contributed by atoms with Crippen molar-refractivity contribution in [1.82, 2.24) is 10.2 Å². The number of nitrogens with zero attached hydrogens (tertiary/aromatic N) is 3. The number of para-hydroxylation sites is 3. The second-order valence-electron chi connectivity index (χ2n) is 8.45. The number of nitrogens with one attached hydrogen (secondary N) is 1. The average molecular weight is 469 g/mol. The van der Waals surface area contributed by atoms with Crippen LogP contribution in [-0.2, 0) is 4.79 Å². The molecule has 176 valence electrons. The Labute approximate surface area is 203 Å². The summed E-state index contributed by atoms with van der Waals surface area (Å²) in [6.45, 7) is 1.43. The van der Waals surface area contributed by atoms with Crippen molar-refractivity contribution >= 4 is 17.4 Å². The van der Waals surface area contributed by atoms with Crippen molar-refractivity contribution in [2.75, 3.05) is 23.3 Å². The van der Waals surface area contributed by atoms with E-state index in [0.29, 0.717) is 36.0 Å². The van der Waals surface area contributed by atoms with Crippen molar-refractivity contribution in [3.8, 4) is 22.8 Å². The molecule has 2 heterocycles. The fourth-order valence-corrected chi connectivity index (χ4v) is 4.15. The molecule has 7 heteroatoms. The SMILES string of the molecule is O=C(Nc1ccccc1Oc1ccccc1)C1CCN(c2ccc(-c3ccc(F)cc3)nn2)CC1. The van der Waals surface area contributed by atoms with Crippen LogP contribution < -0.4 is 15.0 Å². The molecule has 0 unspecified atom stereocenters. The highest BCUT2D eigenvalue weighted by molar-refractivity contribution is 5.94. The van der Waals surface area contributed by atoms with Crippen LogP contribution >= 0.6 is 0 Å². The van der Waals surface area contributed by atoms with E-state index in [4.69, 9.17) is 4.74 Å². The molecule has 1 aliphatic heterocycles. The molecular weight excluding hydrogens is 443 g/mol. The summed E-state index contributed by atoms with van der Waals surface area (Å²) in [6.07, 6.45) is 1.43. The van der Waals surface area contributed by atoms with Gasteiger partial charge in [0.15, 0.2) is 11.6 Å². The van der Waals surface area contributed by atoms with Crippen molar-refractivity contribution < 1.29 is 13.9 Å². The standard InChI is InChI=1S/C28H25FN4O2/c29-22-12-10-20(11-13-22)24-14-15-27(32-31-24)33-18-16-21(17-19-33)28(34)30-25-8-4-5-9-26(25)35-23-6-2-1-3-7-23/h1-15,21H,16-19H2,(H,30,34). The number of aromatic nitrogens is 2. The number of ether oxygens (including phenoxy) is 1. The molecule has 1 aliphatic rings. The molecule has 6 nitrogen and oxygen atoms in total. The first-order valence-electron chi connectivity index (χ1n) is 11.6. The number of halogens is 1. The predicted octanol–water partition coefficient (Wildman–Crippen LogP) is 5.93. The van der Waals surface area contributed by atoms with E-state index in [0.717, 1.165) is 24.2 Å². The summed E-state index contributed by atoms with van der Waals surface area (Å²) in [5.74, 6) is 1.72. The van der Waals surface area contributed by atoms with Gasteiger partial charge >= 0.3 is 0 Å². The average Bonchev–Trinajstić information content (AvgIpc) is 2.91. The van der Waals surface area contributed by atoms with E-state index < -0.39 is 0 Å². The summed E-state index contributed by atoms with van der Waals surface area (Å²) in [7, 11) is 0. The number of rotatable bonds is 6. The minimum Gasteiger partial charge on any atom is -0.455 e.